The van der Waals surface area contributed by atoms with E-state index in [1.807, 2.05) is 0 Å². The fraction of sp³-hybridized carbons (Fsp3) is 0.100. The molecule has 78 valence electrons. The Morgan fingerprint density at radius 3 is 2.60 bits per heavy atom. The number of fused-ring (bicyclic) bond motifs is 1. The highest BCUT2D eigenvalue weighted by molar-refractivity contribution is 7.95. The van der Waals surface area contributed by atoms with Crippen LogP contribution < -0.4 is 0 Å². The average Bonchev–Trinajstić information content (AvgIpc) is 2.38. The van der Waals surface area contributed by atoms with E-state index < -0.39 is 15.8 Å². The normalized spacial score (nSPS) is 17.0. The molecule has 0 amide bonds. The molecule has 4 nitrogen and oxygen atoms in total. The summed E-state index contributed by atoms with van der Waals surface area (Å²) in [5.41, 5.74) is 0.953. The quantitative estimate of drug-likeness (QED) is 0.778. The van der Waals surface area contributed by atoms with E-state index in [2.05, 4.69) is 0 Å². The number of carboxylic acids is 1. The van der Waals surface area contributed by atoms with Crippen LogP contribution in [0.25, 0.3) is 5.57 Å². The molecular weight excluding hydrogens is 216 g/mol. The fourth-order valence-electron chi connectivity index (χ4n) is 1.55. The first-order chi connectivity index (χ1) is 6.92. The molecule has 1 aromatic rings. The minimum atomic E-state index is -3.56. The zero-order valence-electron chi connectivity index (χ0n) is 7.89. The van der Waals surface area contributed by atoms with E-state index in [-0.39, 0.29) is 16.0 Å². The Morgan fingerprint density at radius 1 is 1.33 bits per heavy atom. The first-order valence-corrected chi connectivity index (χ1v) is 5.77. The monoisotopic (exact) mass is 224 g/mol. The average molecular weight is 224 g/mol. The van der Waals surface area contributed by atoms with Gasteiger partial charge in [-0.3, -0.25) is 0 Å². The lowest BCUT2D eigenvalue weighted by Crippen LogP contribution is -1.97. The van der Waals surface area contributed by atoms with Crippen LogP contribution in [-0.4, -0.2) is 19.5 Å². The topological polar surface area (TPSA) is 71.4 Å². The summed E-state index contributed by atoms with van der Waals surface area (Å²) in [5.74, 6) is -1.22. The molecule has 0 saturated heterocycles. The maximum atomic E-state index is 11.5. The molecule has 0 aliphatic carbocycles. The van der Waals surface area contributed by atoms with Crippen LogP contribution in [0.3, 0.4) is 0 Å². The molecule has 1 heterocycles. The van der Waals surface area contributed by atoms with Gasteiger partial charge in [-0.2, -0.15) is 0 Å². The smallest absolute Gasteiger partial charge is 0.337 e. The van der Waals surface area contributed by atoms with Gasteiger partial charge in [-0.1, -0.05) is 11.6 Å². The van der Waals surface area contributed by atoms with Gasteiger partial charge in [0.1, 0.15) is 0 Å². The number of carboxylic acid groups (broad SMARTS) is 1. The lowest BCUT2D eigenvalue weighted by molar-refractivity contribution is -0.130. The zero-order valence-corrected chi connectivity index (χ0v) is 8.71. The van der Waals surface area contributed by atoms with E-state index in [0.717, 1.165) is 11.0 Å². The summed E-state index contributed by atoms with van der Waals surface area (Å²) in [5, 5.41) is 9.66. The maximum Gasteiger partial charge on any atom is 0.337 e. The summed E-state index contributed by atoms with van der Waals surface area (Å²) in [6.07, 6.45) is 0. The summed E-state index contributed by atoms with van der Waals surface area (Å²) in [6, 6.07) is 4.65. The molecule has 0 atom stereocenters. The van der Waals surface area contributed by atoms with E-state index >= 15 is 0 Å². The van der Waals surface area contributed by atoms with Gasteiger partial charge in [-0.25, -0.2) is 13.2 Å². The summed E-state index contributed by atoms with van der Waals surface area (Å²) in [7, 11) is -3.56. The van der Waals surface area contributed by atoms with Crippen LogP contribution in [0.15, 0.2) is 28.5 Å². The molecule has 0 unspecified atom stereocenters. The highest BCUT2D eigenvalue weighted by Gasteiger charge is 2.30. The molecule has 0 bridgehead atoms. The fourth-order valence-corrected chi connectivity index (χ4v) is 2.95. The molecule has 0 radical (unpaired) electrons. The van der Waals surface area contributed by atoms with Crippen molar-refractivity contribution in [2.45, 2.75) is 11.8 Å². The van der Waals surface area contributed by atoms with Gasteiger partial charge >= 0.3 is 5.97 Å². The summed E-state index contributed by atoms with van der Waals surface area (Å²) < 4.78 is 23.1. The van der Waals surface area contributed by atoms with Crippen molar-refractivity contribution >= 4 is 21.4 Å². The van der Waals surface area contributed by atoms with Gasteiger partial charge < -0.3 is 5.11 Å². The predicted molar refractivity (Wildman–Crippen MR) is 54.0 cm³/mol. The third-order valence-electron chi connectivity index (χ3n) is 2.24. The van der Waals surface area contributed by atoms with Crippen LogP contribution in [-0.2, 0) is 14.6 Å². The highest BCUT2D eigenvalue weighted by Crippen LogP contribution is 2.33. The first kappa shape index (κ1) is 9.92. The van der Waals surface area contributed by atoms with E-state index in [1.54, 1.807) is 19.1 Å². The molecule has 1 aromatic carbocycles. The van der Waals surface area contributed by atoms with Gasteiger partial charge in [0, 0.05) is 5.56 Å². The lowest BCUT2D eigenvalue weighted by Gasteiger charge is -2.01. The molecule has 1 aliphatic heterocycles. The van der Waals surface area contributed by atoms with E-state index in [9.17, 15) is 13.2 Å². The van der Waals surface area contributed by atoms with Gasteiger partial charge in [0.15, 0.2) is 0 Å². The van der Waals surface area contributed by atoms with Crippen LogP contribution in [0, 0.1) is 6.92 Å². The minimum absolute atomic E-state index is 0.0745. The lowest BCUT2D eigenvalue weighted by atomic mass is 10.1. The molecule has 2 rings (SSSR count). The van der Waals surface area contributed by atoms with Crippen molar-refractivity contribution in [3.63, 3.8) is 0 Å². The zero-order chi connectivity index (χ0) is 11.2. The van der Waals surface area contributed by atoms with Crippen molar-refractivity contribution in [1.29, 1.82) is 0 Å². The third-order valence-corrected chi connectivity index (χ3v) is 3.75. The van der Waals surface area contributed by atoms with Gasteiger partial charge in [0.05, 0.1) is 15.9 Å². The van der Waals surface area contributed by atoms with Crippen molar-refractivity contribution in [2.75, 3.05) is 0 Å². The van der Waals surface area contributed by atoms with Crippen LogP contribution in [0.2, 0.25) is 0 Å². The first-order valence-electron chi connectivity index (χ1n) is 4.23. The highest BCUT2D eigenvalue weighted by atomic mass is 32.2. The Labute approximate surface area is 86.8 Å². The summed E-state index contributed by atoms with van der Waals surface area (Å²) >= 11 is 0. The van der Waals surface area contributed by atoms with E-state index in [0.29, 0.717) is 0 Å². The third kappa shape index (κ3) is 1.45. The van der Waals surface area contributed by atoms with E-state index in [4.69, 9.17) is 5.11 Å². The summed E-state index contributed by atoms with van der Waals surface area (Å²) in [6.45, 7) is 1.78. The molecule has 1 aliphatic rings. The van der Waals surface area contributed by atoms with Gasteiger partial charge in [0.25, 0.3) is 0 Å². The Kier molecular flexibility index (Phi) is 1.94. The molecule has 0 spiro atoms. The summed E-state index contributed by atoms with van der Waals surface area (Å²) in [4.78, 5) is 10.9. The Bertz CT molecular complexity index is 581. The van der Waals surface area contributed by atoms with Crippen molar-refractivity contribution in [3.8, 4) is 0 Å². The Morgan fingerprint density at radius 2 is 2.00 bits per heavy atom. The van der Waals surface area contributed by atoms with E-state index in [1.165, 1.54) is 6.07 Å². The molecule has 5 heteroatoms. The SMILES string of the molecule is Cc1ccc2c(c1)C(C(=O)O)=CS2(=O)=O. The van der Waals surface area contributed by atoms with Crippen LogP contribution >= 0.6 is 0 Å². The van der Waals surface area contributed by atoms with Crippen molar-refractivity contribution in [3.05, 3.63) is 34.7 Å². The number of aryl methyl sites for hydroxylation is 1. The number of benzene rings is 1. The van der Waals surface area contributed by atoms with Gasteiger partial charge in [-0.15, -0.1) is 0 Å². The van der Waals surface area contributed by atoms with Crippen LogP contribution in [0.5, 0.6) is 0 Å². The number of sulfone groups is 1. The van der Waals surface area contributed by atoms with Gasteiger partial charge in [0.2, 0.25) is 9.84 Å². The van der Waals surface area contributed by atoms with Crippen molar-refractivity contribution < 1.29 is 18.3 Å². The number of carbonyl (C=O) groups is 1. The predicted octanol–water partition coefficient (Wildman–Crippen LogP) is 1.21. The number of rotatable bonds is 1. The molecule has 0 fully saturated rings. The van der Waals surface area contributed by atoms with Crippen LogP contribution in [0.1, 0.15) is 11.1 Å². The van der Waals surface area contributed by atoms with Crippen molar-refractivity contribution in [2.24, 2.45) is 0 Å². The molecule has 15 heavy (non-hydrogen) atoms. The largest absolute Gasteiger partial charge is 0.478 e. The number of hydrogen-bond donors (Lipinski definition) is 1. The number of hydrogen-bond acceptors (Lipinski definition) is 3. The molecule has 0 aromatic heterocycles. The second-order valence-corrected chi connectivity index (χ2v) is 5.15. The number of aliphatic carboxylic acids is 1. The molecule has 0 saturated carbocycles. The van der Waals surface area contributed by atoms with Gasteiger partial charge in [-0.05, 0) is 19.1 Å². The van der Waals surface area contributed by atoms with Crippen LogP contribution in [0.4, 0.5) is 0 Å². The van der Waals surface area contributed by atoms with Crippen molar-refractivity contribution in [1.82, 2.24) is 0 Å². The Hall–Kier alpha value is -1.62. The molecule has 1 N–H and O–H groups in total. The standard InChI is InChI=1S/C10H8O4S/c1-6-2-3-9-7(4-6)8(10(11)12)5-15(9,13)14/h2-5H,1H3,(H,11,12). The molecular formula is C10H8O4S. The Balaban J connectivity index is 2.80. The second kappa shape index (κ2) is 2.93. The second-order valence-electron chi connectivity index (χ2n) is 3.38. The maximum absolute atomic E-state index is 11.5. The minimum Gasteiger partial charge on any atom is -0.478 e.